The monoisotopic (exact) mass is 415 g/mol. The number of thiazole rings is 1. The first kappa shape index (κ1) is 19.5. The van der Waals surface area contributed by atoms with Gasteiger partial charge >= 0.3 is 0 Å². The number of carbonyl (C=O) groups is 1. The summed E-state index contributed by atoms with van der Waals surface area (Å²) in [6.45, 7) is 3.80. The van der Waals surface area contributed by atoms with Gasteiger partial charge in [0.25, 0.3) is 0 Å². The number of aryl methyl sites for hydroxylation is 1. The summed E-state index contributed by atoms with van der Waals surface area (Å²) in [7, 11) is 1.65. The Hall–Kier alpha value is -2.78. The van der Waals surface area contributed by atoms with E-state index in [9.17, 15) is 9.18 Å². The first-order valence-corrected chi connectivity index (χ1v) is 10.3. The van der Waals surface area contributed by atoms with Gasteiger partial charge in [-0.25, -0.2) is 9.37 Å². The zero-order valence-corrected chi connectivity index (χ0v) is 17.1. The Labute approximate surface area is 172 Å². The van der Waals surface area contributed by atoms with Crippen molar-refractivity contribution in [2.75, 3.05) is 30.5 Å². The number of nitrogens with zero attached hydrogens (tertiary/aromatic N) is 4. The lowest BCUT2D eigenvalue weighted by atomic mass is 10.1. The summed E-state index contributed by atoms with van der Waals surface area (Å²) in [6.07, 6.45) is 3.23. The molecule has 1 aromatic carbocycles. The SMILES string of the molecule is COCCn1cc(Nc2nc(-c3ccc(N4CCCC4=O)cc3F)cs2)c(C)n1. The lowest BCUT2D eigenvalue weighted by Gasteiger charge is -2.16. The van der Waals surface area contributed by atoms with E-state index in [2.05, 4.69) is 15.4 Å². The van der Waals surface area contributed by atoms with Crippen LogP contribution < -0.4 is 10.2 Å². The fourth-order valence-electron chi connectivity index (χ4n) is 3.31. The van der Waals surface area contributed by atoms with Crippen LogP contribution in [0.3, 0.4) is 0 Å². The molecule has 0 radical (unpaired) electrons. The molecule has 4 rings (SSSR count). The molecule has 1 amide bonds. The molecule has 1 aliphatic rings. The summed E-state index contributed by atoms with van der Waals surface area (Å²) in [4.78, 5) is 18.0. The predicted octanol–water partition coefficient (Wildman–Crippen LogP) is 3.97. The van der Waals surface area contributed by atoms with Crippen LogP contribution in [0.4, 0.5) is 20.9 Å². The van der Waals surface area contributed by atoms with Crippen LogP contribution >= 0.6 is 11.3 Å². The second-order valence-electron chi connectivity index (χ2n) is 6.86. The number of anilines is 3. The van der Waals surface area contributed by atoms with E-state index in [1.165, 1.54) is 17.4 Å². The van der Waals surface area contributed by atoms with Crippen molar-refractivity contribution in [3.63, 3.8) is 0 Å². The molecule has 3 aromatic rings. The number of hydrogen-bond donors (Lipinski definition) is 1. The number of aromatic nitrogens is 3. The zero-order chi connectivity index (χ0) is 20.4. The number of rotatable bonds is 7. The van der Waals surface area contributed by atoms with Crippen molar-refractivity contribution in [3.8, 4) is 11.3 Å². The van der Waals surface area contributed by atoms with Gasteiger partial charge in [0.15, 0.2) is 5.13 Å². The molecular formula is C20H22FN5O2S. The molecular weight excluding hydrogens is 393 g/mol. The minimum absolute atomic E-state index is 0.0405. The smallest absolute Gasteiger partial charge is 0.227 e. The average molecular weight is 415 g/mol. The molecule has 0 spiro atoms. The largest absolute Gasteiger partial charge is 0.383 e. The third kappa shape index (κ3) is 4.15. The summed E-state index contributed by atoms with van der Waals surface area (Å²) >= 11 is 1.40. The molecule has 7 nitrogen and oxygen atoms in total. The van der Waals surface area contributed by atoms with Gasteiger partial charge in [-0.3, -0.25) is 9.48 Å². The first-order chi connectivity index (χ1) is 14.0. The van der Waals surface area contributed by atoms with Crippen LogP contribution in [0, 0.1) is 12.7 Å². The number of carbonyl (C=O) groups excluding carboxylic acids is 1. The Morgan fingerprint density at radius 1 is 1.38 bits per heavy atom. The topological polar surface area (TPSA) is 72.3 Å². The lowest BCUT2D eigenvalue weighted by molar-refractivity contribution is -0.117. The number of methoxy groups -OCH3 is 1. The highest BCUT2D eigenvalue weighted by molar-refractivity contribution is 7.14. The Morgan fingerprint density at radius 2 is 2.24 bits per heavy atom. The van der Waals surface area contributed by atoms with Crippen molar-refractivity contribution < 1.29 is 13.9 Å². The molecule has 1 aliphatic heterocycles. The fourth-order valence-corrected chi connectivity index (χ4v) is 4.03. The Bertz CT molecular complexity index is 1030. The minimum atomic E-state index is -0.386. The minimum Gasteiger partial charge on any atom is -0.383 e. The molecule has 1 saturated heterocycles. The van der Waals surface area contributed by atoms with Gasteiger partial charge in [0, 0.05) is 42.9 Å². The molecule has 9 heteroatoms. The van der Waals surface area contributed by atoms with E-state index < -0.39 is 0 Å². The van der Waals surface area contributed by atoms with E-state index in [0.717, 1.165) is 17.8 Å². The Morgan fingerprint density at radius 3 is 2.97 bits per heavy atom. The third-order valence-electron chi connectivity index (χ3n) is 4.83. The number of amides is 1. The van der Waals surface area contributed by atoms with E-state index >= 15 is 0 Å². The quantitative estimate of drug-likeness (QED) is 0.632. The number of hydrogen-bond acceptors (Lipinski definition) is 6. The molecule has 2 aromatic heterocycles. The number of ether oxygens (including phenoxy) is 1. The van der Waals surface area contributed by atoms with Crippen molar-refractivity contribution in [3.05, 3.63) is 41.3 Å². The zero-order valence-electron chi connectivity index (χ0n) is 16.3. The van der Waals surface area contributed by atoms with E-state index in [1.54, 1.807) is 24.1 Å². The summed E-state index contributed by atoms with van der Waals surface area (Å²) < 4.78 is 21.6. The normalized spacial score (nSPS) is 14.0. The summed E-state index contributed by atoms with van der Waals surface area (Å²) in [6, 6.07) is 4.87. The standard InChI is InChI=1S/C20H22FN5O2S/c1-13-17(11-25(24-13)8-9-28-2)22-20-23-18(12-29-20)15-6-5-14(10-16(15)21)26-7-3-4-19(26)27/h5-6,10-12H,3-4,7-9H2,1-2H3,(H,22,23). The van der Waals surface area contributed by atoms with Gasteiger partial charge in [-0.1, -0.05) is 0 Å². The van der Waals surface area contributed by atoms with E-state index in [4.69, 9.17) is 4.74 Å². The number of halogens is 1. The van der Waals surface area contributed by atoms with Crippen LogP contribution in [0.5, 0.6) is 0 Å². The summed E-state index contributed by atoms with van der Waals surface area (Å²) in [5.74, 6) is -0.346. The van der Waals surface area contributed by atoms with E-state index in [0.29, 0.717) is 48.2 Å². The van der Waals surface area contributed by atoms with Gasteiger partial charge < -0.3 is 15.0 Å². The molecule has 0 saturated carbocycles. The van der Waals surface area contributed by atoms with Crippen LogP contribution in [-0.4, -0.2) is 40.9 Å². The van der Waals surface area contributed by atoms with Crippen LogP contribution in [0.1, 0.15) is 18.5 Å². The molecule has 3 heterocycles. The summed E-state index contributed by atoms with van der Waals surface area (Å²) in [5.41, 5.74) is 3.27. The average Bonchev–Trinajstić information content (AvgIpc) is 3.41. The van der Waals surface area contributed by atoms with Crippen molar-refractivity contribution in [1.29, 1.82) is 0 Å². The maximum absolute atomic E-state index is 14.7. The highest BCUT2D eigenvalue weighted by Gasteiger charge is 2.23. The molecule has 152 valence electrons. The lowest BCUT2D eigenvalue weighted by Crippen LogP contribution is -2.23. The molecule has 0 atom stereocenters. The first-order valence-electron chi connectivity index (χ1n) is 9.41. The number of benzene rings is 1. The molecule has 1 N–H and O–H groups in total. The van der Waals surface area contributed by atoms with Crippen molar-refractivity contribution in [1.82, 2.24) is 14.8 Å². The molecule has 0 bridgehead atoms. The molecule has 0 aliphatic carbocycles. The molecule has 1 fully saturated rings. The van der Waals surface area contributed by atoms with Gasteiger partial charge in [-0.2, -0.15) is 5.10 Å². The second kappa shape index (κ2) is 8.30. The maximum atomic E-state index is 14.7. The van der Waals surface area contributed by atoms with E-state index in [-0.39, 0.29) is 11.7 Å². The van der Waals surface area contributed by atoms with Crippen molar-refractivity contribution >= 4 is 33.8 Å². The Balaban J connectivity index is 1.50. The molecule has 29 heavy (non-hydrogen) atoms. The van der Waals surface area contributed by atoms with Gasteiger partial charge in [0.1, 0.15) is 5.82 Å². The van der Waals surface area contributed by atoms with Gasteiger partial charge in [0.05, 0.1) is 30.2 Å². The molecule has 0 unspecified atom stereocenters. The fraction of sp³-hybridized carbons (Fsp3) is 0.350. The second-order valence-corrected chi connectivity index (χ2v) is 7.72. The van der Waals surface area contributed by atoms with Crippen LogP contribution in [-0.2, 0) is 16.1 Å². The van der Waals surface area contributed by atoms with Crippen molar-refractivity contribution in [2.45, 2.75) is 26.3 Å². The van der Waals surface area contributed by atoms with Gasteiger partial charge in [0.2, 0.25) is 5.91 Å². The van der Waals surface area contributed by atoms with E-state index in [1.807, 2.05) is 23.2 Å². The Kier molecular flexibility index (Phi) is 5.59. The van der Waals surface area contributed by atoms with Crippen molar-refractivity contribution in [2.24, 2.45) is 0 Å². The highest BCUT2D eigenvalue weighted by atomic mass is 32.1. The van der Waals surface area contributed by atoms with Crippen LogP contribution in [0.15, 0.2) is 29.8 Å². The maximum Gasteiger partial charge on any atom is 0.227 e. The number of nitrogens with one attached hydrogen (secondary N) is 1. The van der Waals surface area contributed by atoms with Gasteiger partial charge in [-0.15, -0.1) is 11.3 Å². The van der Waals surface area contributed by atoms with Crippen LogP contribution in [0.25, 0.3) is 11.3 Å². The third-order valence-corrected chi connectivity index (χ3v) is 5.59. The highest BCUT2D eigenvalue weighted by Crippen LogP contribution is 2.32. The predicted molar refractivity (Wildman–Crippen MR) is 111 cm³/mol. The summed E-state index contributed by atoms with van der Waals surface area (Å²) in [5, 5.41) is 10.2. The van der Waals surface area contributed by atoms with Crippen LogP contribution in [0.2, 0.25) is 0 Å². The van der Waals surface area contributed by atoms with Gasteiger partial charge in [-0.05, 0) is 31.5 Å².